The predicted molar refractivity (Wildman–Crippen MR) is 101 cm³/mol. The van der Waals surface area contributed by atoms with Gasteiger partial charge in [0.15, 0.2) is 0 Å². The average Bonchev–Trinajstić information content (AvgIpc) is 3.28. The summed E-state index contributed by atoms with van der Waals surface area (Å²) in [5.74, 6) is 0.340. The largest absolute Gasteiger partial charge is 0.453 e. The Morgan fingerprint density at radius 2 is 2.07 bits per heavy atom. The molecule has 0 unspecified atom stereocenters. The van der Waals surface area contributed by atoms with Crippen LogP contribution in [0.1, 0.15) is 37.2 Å². The van der Waals surface area contributed by atoms with E-state index in [-0.39, 0.29) is 42.1 Å². The number of rotatable bonds is 4. The van der Waals surface area contributed by atoms with Crippen LogP contribution >= 0.6 is 0 Å². The molecule has 1 aliphatic carbocycles. The fourth-order valence-corrected chi connectivity index (χ4v) is 5.06. The number of nitrogens with two attached hydrogens (primary N) is 1. The van der Waals surface area contributed by atoms with Gasteiger partial charge < -0.3 is 19.9 Å². The Morgan fingerprint density at radius 1 is 1.29 bits per heavy atom. The zero-order valence-corrected chi connectivity index (χ0v) is 16.3. The normalized spacial score (nSPS) is 35.0. The van der Waals surface area contributed by atoms with E-state index in [1.54, 1.807) is 17.0 Å². The lowest BCUT2D eigenvalue weighted by Crippen LogP contribution is -2.49. The van der Waals surface area contributed by atoms with E-state index in [0.717, 1.165) is 31.2 Å². The van der Waals surface area contributed by atoms with E-state index < -0.39 is 0 Å². The van der Waals surface area contributed by atoms with Crippen molar-refractivity contribution in [1.82, 2.24) is 4.90 Å². The number of amides is 1. The molecule has 1 saturated carbocycles. The molecular formula is C21H29FN2O4. The summed E-state index contributed by atoms with van der Waals surface area (Å²) in [6.07, 6.45) is 3.59. The predicted octanol–water partition coefficient (Wildman–Crippen LogP) is 2.66. The van der Waals surface area contributed by atoms with Gasteiger partial charge in [-0.1, -0.05) is 12.1 Å². The zero-order chi connectivity index (χ0) is 19.7. The number of hydrogen-bond donors (Lipinski definition) is 1. The molecule has 0 bridgehead atoms. The number of methoxy groups -OCH3 is 1. The number of nitrogens with zero attached hydrogens (tertiary/aromatic N) is 1. The third kappa shape index (κ3) is 3.75. The number of carbonyl (C=O) groups is 1. The number of fused-ring (bicyclic) bond motifs is 1. The minimum absolute atomic E-state index is 0.0280. The van der Waals surface area contributed by atoms with Crippen LogP contribution in [0.3, 0.4) is 0 Å². The van der Waals surface area contributed by atoms with Crippen LogP contribution < -0.4 is 5.73 Å². The smallest absolute Gasteiger partial charge is 0.410 e. The first kappa shape index (κ1) is 19.6. The standard InChI is InChI=1S/C21H29FN2O4/c1-26-21(25)24-18-11-27-10-17(18)20(23)19(24)12-28-16-7-5-13(6-8-16)14-3-2-4-15(22)9-14/h2-4,9,13,16-20H,5-8,10-12,23H2,1H3/t13-,16+,17-,18+,19-,20-/m0/s1. The van der Waals surface area contributed by atoms with Crippen molar-refractivity contribution in [2.24, 2.45) is 11.7 Å². The fourth-order valence-electron chi connectivity index (χ4n) is 5.06. The molecule has 3 fully saturated rings. The third-order valence-corrected chi connectivity index (χ3v) is 6.63. The molecule has 0 aromatic heterocycles. The van der Waals surface area contributed by atoms with Crippen LogP contribution in [-0.2, 0) is 14.2 Å². The molecule has 6 nitrogen and oxygen atoms in total. The van der Waals surface area contributed by atoms with Crippen molar-refractivity contribution >= 4 is 6.09 Å². The highest BCUT2D eigenvalue weighted by Crippen LogP contribution is 2.37. The Balaban J connectivity index is 1.32. The van der Waals surface area contributed by atoms with Crippen LogP contribution in [-0.4, -0.2) is 62.2 Å². The number of ether oxygens (including phenoxy) is 3. The zero-order valence-electron chi connectivity index (χ0n) is 16.3. The van der Waals surface area contributed by atoms with Gasteiger partial charge in [0.05, 0.1) is 45.1 Å². The lowest BCUT2D eigenvalue weighted by molar-refractivity contribution is -0.0128. The van der Waals surface area contributed by atoms with E-state index in [1.807, 2.05) is 6.07 Å². The summed E-state index contributed by atoms with van der Waals surface area (Å²) in [5, 5.41) is 0. The summed E-state index contributed by atoms with van der Waals surface area (Å²) in [6, 6.07) is 6.51. The summed E-state index contributed by atoms with van der Waals surface area (Å²) in [5.41, 5.74) is 7.50. The van der Waals surface area contributed by atoms with Gasteiger partial charge in [0.25, 0.3) is 0 Å². The second kappa shape index (κ2) is 8.35. The van der Waals surface area contributed by atoms with Gasteiger partial charge in [-0.25, -0.2) is 9.18 Å². The number of hydrogen-bond acceptors (Lipinski definition) is 5. The molecular weight excluding hydrogens is 363 g/mol. The monoisotopic (exact) mass is 392 g/mol. The first-order valence-electron chi connectivity index (χ1n) is 10.1. The van der Waals surface area contributed by atoms with Crippen LogP contribution in [0.5, 0.6) is 0 Å². The molecule has 1 aromatic rings. The average molecular weight is 392 g/mol. The molecule has 154 valence electrons. The SMILES string of the molecule is COC(=O)N1[C@@H]2COC[C@@H]2[C@H](N)[C@@H]1CO[C@H]1CC[C@@H](c2cccc(F)c2)CC1. The van der Waals surface area contributed by atoms with Crippen molar-refractivity contribution in [2.45, 2.75) is 55.8 Å². The Kier molecular flexibility index (Phi) is 5.85. The summed E-state index contributed by atoms with van der Waals surface area (Å²) >= 11 is 0. The summed E-state index contributed by atoms with van der Waals surface area (Å²) < 4.78 is 30.2. The molecule has 4 atom stereocenters. The van der Waals surface area contributed by atoms with Gasteiger partial charge in [-0.3, -0.25) is 4.90 Å². The van der Waals surface area contributed by atoms with Gasteiger partial charge in [-0.15, -0.1) is 0 Å². The van der Waals surface area contributed by atoms with E-state index in [1.165, 1.54) is 13.2 Å². The van der Waals surface area contributed by atoms with E-state index >= 15 is 0 Å². The first-order valence-corrected chi connectivity index (χ1v) is 10.1. The van der Waals surface area contributed by atoms with E-state index in [9.17, 15) is 9.18 Å². The third-order valence-electron chi connectivity index (χ3n) is 6.63. The number of carbonyl (C=O) groups excluding carboxylic acids is 1. The Bertz CT molecular complexity index is 695. The van der Waals surface area contributed by atoms with Gasteiger partial charge >= 0.3 is 6.09 Å². The molecule has 1 amide bonds. The molecule has 28 heavy (non-hydrogen) atoms. The lowest BCUT2D eigenvalue weighted by Gasteiger charge is -2.33. The quantitative estimate of drug-likeness (QED) is 0.853. The summed E-state index contributed by atoms with van der Waals surface area (Å²) in [7, 11) is 1.39. The highest BCUT2D eigenvalue weighted by Gasteiger charge is 2.52. The Morgan fingerprint density at radius 3 is 2.79 bits per heavy atom. The van der Waals surface area contributed by atoms with Crippen LogP contribution in [0.4, 0.5) is 9.18 Å². The molecule has 2 saturated heterocycles. The highest BCUT2D eigenvalue weighted by molar-refractivity contribution is 5.69. The summed E-state index contributed by atoms with van der Waals surface area (Å²) in [4.78, 5) is 14.0. The van der Waals surface area contributed by atoms with Gasteiger partial charge in [0.2, 0.25) is 0 Å². The molecule has 0 spiro atoms. The second-order valence-corrected chi connectivity index (χ2v) is 8.15. The van der Waals surface area contributed by atoms with Crippen LogP contribution in [0.2, 0.25) is 0 Å². The van der Waals surface area contributed by atoms with Crippen molar-refractivity contribution in [1.29, 1.82) is 0 Å². The maximum atomic E-state index is 13.5. The molecule has 4 rings (SSSR count). The lowest BCUT2D eigenvalue weighted by atomic mass is 9.82. The number of benzene rings is 1. The van der Waals surface area contributed by atoms with Gasteiger partial charge in [0, 0.05) is 12.0 Å². The maximum absolute atomic E-state index is 13.5. The van der Waals surface area contributed by atoms with Crippen LogP contribution in [0.15, 0.2) is 24.3 Å². The Labute approximate surface area is 165 Å². The Hall–Kier alpha value is -1.70. The van der Waals surface area contributed by atoms with Crippen molar-refractivity contribution < 1.29 is 23.4 Å². The summed E-state index contributed by atoms with van der Waals surface area (Å²) in [6.45, 7) is 1.50. The van der Waals surface area contributed by atoms with E-state index in [0.29, 0.717) is 25.7 Å². The maximum Gasteiger partial charge on any atom is 0.410 e. The highest BCUT2D eigenvalue weighted by atomic mass is 19.1. The molecule has 7 heteroatoms. The van der Waals surface area contributed by atoms with Crippen molar-refractivity contribution in [2.75, 3.05) is 26.9 Å². The number of halogens is 1. The first-order chi connectivity index (χ1) is 13.6. The van der Waals surface area contributed by atoms with Gasteiger partial charge in [-0.05, 0) is 49.3 Å². The topological polar surface area (TPSA) is 74.0 Å². The molecule has 0 radical (unpaired) electrons. The van der Waals surface area contributed by atoms with Crippen molar-refractivity contribution in [3.8, 4) is 0 Å². The van der Waals surface area contributed by atoms with E-state index in [4.69, 9.17) is 19.9 Å². The van der Waals surface area contributed by atoms with Crippen LogP contribution in [0, 0.1) is 11.7 Å². The molecule has 2 N–H and O–H groups in total. The molecule has 3 aliphatic rings. The van der Waals surface area contributed by atoms with Crippen molar-refractivity contribution in [3.63, 3.8) is 0 Å². The minimum Gasteiger partial charge on any atom is -0.453 e. The van der Waals surface area contributed by atoms with E-state index in [2.05, 4.69) is 0 Å². The molecule has 2 heterocycles. The fraction of sp³-hybridized carbons (Fsp3) is 0.667. The second-order valence-electron chi connectivity index (χ2n) is 8.15. The van der Waals surface area contributed by atoms with Crippen molar-refractivity contribution in [3.05, 3.63) is 35.6 Å². The number of likely N-dealkylation sites (tertiary alicyclic amines) is 1. The van der Waals surface area contributed by atoms with Gasteiger partial charge in [-0.2, -0.15) is 0 Å². The molecule has 1 aromatic carbocycles. The van der Waals surface area contributed by atoms with Crippen LogP contribution in [0.25, 0.3) is 0 Å². The molecule has 2 aliphatic heterocycles. The minimum atomic E-state index is -0.364. The van der Waals surface area contributed by atoms with Gasteiger partial charge in [0.1, 0.15) is 5.82 Å².